The van der Waals surface area contributed by atoms with Gasteiger partial charge in [-0.15, -0.1) is 0 Å². The first kappa shape index (κ1) is 27.0. The summed E-state index contributed by atoms with van der Waals surface area (Å²) < 4.78 is 38.1. The van der Waals surface area contributed by atoms with Crippen LogP contribution in [0.5, 0.6) is 5.88 Å². The maximum absolute atomic E-state index is 12.3. The number of aromatic nitrogens is 3. The first-order valence-electron chi connectivity index (χ1n) is 13.2. The second-order valence-corrected chi connectivity index (χ2v) is 11.7. The van der Waals surface area contributed by atoms with Crippen molar-refractivity contribution in [1.82, 2.24) is 19.3 Å². The normalized spacial score (nSPS) is 17.8. The van der Waals surface area contributed by atoms with Crippen molar-refractivity contribution in [3.8, 4) is 17.1 Å². The lowest BCUT2D eigenvalue weighted by molar-refractivity contribution is 0.148. The fourth-order valence-electron chi connectivity index (χ4n) is 4.69. The number of nitrogens with one attached hydrogen (secondary N) is 1. The molecule has 2 aliphatic heterocycles. The quantitative estimate of drug-likeness (QED) is 0.485. The van der Waals surface area contributed by atoms with Crippen LogP contribution in [-0.2, 0) is 21.4 Å². The highest BCUT2D eigenvalue weighted by molar-refractivity contribution is 7.89. The maximum atomic E-state index is 12.3. The summed E-state index contributed by atoms with van der Waals surface area (Å²) in [7, 11) is -3.19. The van der Waals surface area contributed by atoms with Crippen molar-refractivity contribution >= 4 is 27.3 Å². The molecule has 0 amide bonds. The highest BCUT2D eigenvalue weighted by atomic mass is 32.2. The minimum Gasteiger partial charge on any atom is -0.477 e. The highest BCUT2D eigenvalue weighted by Crippen LogP contribution is 2.29. The molecule has 2 aliphatic rings. The maximum Gasteiger partial charge on any atom is 0.227 e. The molecule has 1 aromatic carbocycles. The molecule has 10 nitrogen and oxygen atoms in total. The van der Waals surface area contributed by atoms with E-state index < -0.39 is 10.0 Å². The summed E-state index contributed by atoms with van der Waals surface area (Å²) in [6.07, 6.45) is 8.30. The molecule has 1 fully saturated rings. The van der Waals surface area contributed by atoms with Gasteiger partial charge in [0.1, 0.15) is 0 Å². The predicted octanol–water partition coefficient (Wildman–Crippen LogP) is 3.92. The minimum atomic E-state index is -3.19. The number of hydrogen-bond acceptors (Lipinski definition) is 9. The summed E-state index contributed by atoms with van der Waals surface area (Å²) in [6.45, 7) is 7.24. The van der Waals surface area contributed by atoms with Gasteiger partial charge in [-0.25, -0.2) is 23.4 Å². The summed E-state index contributed by atoms with van der Waals surface area (Å²) in [6, 6.07) is 9.92. The van der Waals surface area contributed by atoms with Crippen LogP contribution in [0.3, 0.4) is 0 Å². The van der Waals surface area contributed by atoms with Crippen LogP contribution in [0.1, 0.15) is 24.5 Å². The number of pyridine rings is 1. The second-order valence-electron chi connectivity index (χ2n) is 9.49. The number of piperazine rings is 1. The number of anilines is 3. The van der Waals surface area contributed by atoms with E-state index in [-0.39, 0.29) is 5.75 Å². The van der Waals surface area contributed by atoms with E-state index in [1.807, 2.05) is 37.3 Å². The van der Waals surface area contributed by atoms with Gasteiger partial charge in [0.25, 0.3) is 0 Å². The van der Waals surface area contributed by atoms with Crippen LogP contribution in [0.15, 0.2) is 54.9 Å². The van der Waals surface area contributed by atoms with E-state index in [0.29, 0.717) is 57.8 Å². The number of benzene rings is 1. The van der Waals surface area contributed by atoms with Crippen molar-refractivity contribution in [2.24, 2.45) is 0 Å². The molecule has 0 atom stereocenters. The van der Waals surface area contributed by atoms with E-state index in [9.17, 15) is 8.42 Å². The average Bonchev–Trinajstić information content (AvgIpc) is 2.95. The van der Waals surface area contributed by atoms with Crippen LogP contribution in [0.2, 0.25) is 0 Å². The molecule has 0 saturated carbocycles. The van der Waals surface area contributed by atoms with E-state index in [1.54, 1.807) is 23.6 Å². The number of hydrogen-bond donors (Lipinski definition) is 1. The molecule has 0 unspecified atom stereocenters. The van der Waals surface area contributed by atoms with Crippen LogP contribution < -0.4 is 15.0 Å². The lowest BCUT2D eigenvalue weighted by atomic mass is 10.1. The Labute approximate surface area is 229 Å². The summed E-state index contributed by atoms with van der Waals surface area (Å²) >= 11 is 0. The first-order chi connectivity index (χ1) is 18.9. The summed E-state index contributed by atoms with van der Waals surface area (Å²) in [5.41, 5.74) is 5.55. The fourth-order valence-corrected chi connectivity index (χ4v) is 5.78. The van der Waals surface area contributed by atoms with Crippen molar-refractivity contribution in [3.05, 3.63) is 66.0 Å². The molecule has 11 heteroatoms. The lowest BCUT2D eigenvalue weighted by Crippen LogP contribution is -2.49. The molecule has 2 aromatic heterocycles. The van der Waals surface area contributed by atoms with Crippen molar-refractivity contribution in [1.29, 1.82) is 0 Å². The molecule has 3 aromatic rings. The number of nitrogens with zero attached hydrogens (tertiary/aromatic N) is 5. The Morgan fingerprint density at radius 2 is 1.90 bits per heavy atom. The molecule has 1 N–H and O–H groups in total. The fraction of sp³-hybridized carbons (Fsp3) is 0.393. The third-order valence-corrected chi connectivity index (χ3v) is 8.71. The van der Waals surface area contributed by atoms with Gasteiger partial charge in [0.2, 0.25) is 21.9 Å². The Balaban J connectivity index is 1.43. The van der Waals surface area contributed by atoms with Gasteiger partial charge in [-0.3, -0.25) is 0 Å². The van der Waals surface area contributed by atoms with Gasteiger partial charge in [0.05, 0.1) is 31.3 Å². The molecular weight excluding hydrogens is 516 g/mol. The number of sulfonamides is 1. The van der Waals surface area contributed by atoms with E-state index >= 15 is 0 Å². The molecule has 39 heavy (non-hydrogen) atoms. The smallest absolute Gasteiger partial charge is 0.227 e. The summed E-state index contributed by atoms with van der Waals surface area (Å²) in [4.78, 5) is 15.8. The highest BCUT2D eigenvalue weighted by Gasteiger charge is 2.26. The molecule has 0 aliphatic carbocycles. The molecule has 206 valence electrons. The Morgan fingerprint density at radius 1 is 1.05 bits per heavy atom. The monoisotopic (exact) mass is 550 g/mol. The van der Waals surface area contributed by atoms with Gasteiger partial charge in [-0.1, -0.05) is 12.2 Å². The molecular formula is C28H34N6O4S. The lowest BCUT2D eigenvalue weighted by Gasteiger charge is -2.36. The third kappa shape index (κ3) is 6.55. The largest absolute Gasteiger partial charge is 0.477 e. The van der Waals surface area contributed by atoms with Crippen molar-refractivity contribution < 1.29 is 17.9 Å². The van der Waals surface area contributed by atoms with E-state index in [1.165, 1.54) is 0 Å². The van der Waals surface area contributed by atoms with Gasteiger partial charge < -0.3 is 19.7 Å². The zero-order valence-electron chi connectivity index (χ0n) is 22.3. The molecule has 0 spiro atoms. The van der Waals surface area contributed by atoms with Gasteiger partial charge >= 0.3 is 0 Å². The number of ether oxygens (including phenoxy) is 2. The van der Waals surface area contributed by atoms with Crippen molar-refractivity contribution in [2.45, 2.75) is 26.9 Å². The van der Waals surface area contributed by atoms with E-state index in [4.69, 9.17) is 14.5 Å². The van der Waals surface area contributed by atoms with Gasteiger partial charge in [-0.2, -0.15) is 4.31 Å². The van der Waals surface area contributed by atoms with Crippen molar-refractivity contribution in [3.63, 3.8) is 0 Å². The first-order valence-corrected chi connectivity index (χ1v) is 14.8. The number of rotatable bonds is 3. The topological polar surface area (TPSA) is 110 Å². The van der Waals surface area contributed by atoms with Crippen LogP contribution in [0.4, 0.5) is 17.3 Å². The molecule has 0 radical (unpaired) electrons. The zero-order valence-corrected chi connectivity index (χ0v) is 23.2. The van der Waals surface area contributed by atoms with E-state index in [0.717, 1.165) is 40.2 Å². The standard InChI is InChI=1S/C28H34N6O4S/c1-3-39(35,36)34-13-11-33(12-14-34)25-8-7-24-17-23(25)20-37-15-5-4-6-16-38-26-18-22(9-10-29-26)27-21(2)19-30-28(31-24)32-27/h4-5,7-10,17-19H,3,6,11-16,20H2,1-2H3,(H,30,31,32)/b5-4+. The van der Waals surface area contributed by atoms with Crippen LogP contribution in [0.25, 0.3) is 11.3 Å². The SMILES string of the molecule is CCS(=O)(=O)N1CCN(c2ccc3cc2COC/C=C/CCOc2cc(ccn2)-c2nc(ncc2C)N3)CC1. The van der Waals surface area contributed by atoms with Gasteiger partial charge in [-0.05, 0) is 50.1 Å². The van der Waals surface area contributed by atoms with Crippen molar-refractivity contribution in [2.75, 3.05) is 55.4 Å². The molecule has 6 bridgehead atoms. The Morgan fingerprint density at radius 3 is 2.72 bits per heavy atom. The van der Waals surface area contributed by atoms with Crippen LogP contribution in [0, 0.1) is 6.92 Å². The van der Waals surface area contributed by atoms with Crippen LogP contribution >= 0.6 is 0 Å². The average molecular weight is 551 g/mol. The van der Waals surface area contributed by atoms with Gasteiger partial charge in [0.15, 0.2) is 0 Å². The summed E-state index contributed by atoms with van der Waals surface area (Å²) in [5.74, 6) is 1.16. The summed E-state index contributed by atoms with van der Waals surface area (Å²) in [5, 5.41) is 3.34. The molecule has 1 saturated heterocycles. The Kier molecular flexibility index (Phi) is 8.39. The number of fused-ring (bicyclic) bond motifs is 7. The second kappa shape index (κ2) is 12.1. The van der Waals surface area contributed by atoms with Gasteiger partial charge in [0, 0.05) is 67.1 Å². The zero-order chi connectivity index (χ0) is 27.2. The van der Waals surface area contributed by atoms with E-state index in [2.05, 4.69) is 32.3 Å². The molecule has 4 heterocycles. The van der Waals surface area contributed by atoms with Crippen LogP contribution in [-0.4, -0.2) is 72.8 Å². The predicted molar refractivity (Wildman–Crippen MR) is 152 cm³/mol. The Bertz CT molecular complexity index is 1440. The number of aryl methyl sites for hydroxylation is 1. The third-order valence-electron chi connectivity index (χ3n) is 6.83. The minimum absolute atomic E-state index is 0.122. The Hall–Kier alpha value is -3.54. The molecule has 5 rings (SSSR count).